The van der Waals surface area contributed by atoms with Crippen LogP contribution in [0.2, 0.25) is 0 Å². The lowest BCUT2D eigenvalue weighted by molar-refractivity contribution is -0.116. The lowest BCUT2D eigenvalue weighted by Gasteiger charge is -2.32. The van der Waals surface area contributed by atoms with Crippen molar-refractivity contribution in [2.45, 2.75) is 78.6 Å². The van der Waals surface area contributed by atoms with E-state index in [2.05, 4.69) is 41.5 Å². The van der Waals surface area contributed by atoms with Gasteiger partial charge in [0.15, 0.2) is 0 Å². The maximum Gasteiger partial charge on any atom is 0.290 e. The first-order chi connectivity index (χ1) is 11.1. The molecule has 23 heavy (non-hydrogen) atoms. The van der Waals surface area contributed by atoms with Gasteiger partial charge in [0.05, 0.1) is 6.20 Å². The van der Waals surface area contributed by atoms with Gasteiger partial charge in [-0.05, 0) is 18.3 Å². The molecule has 0 unspecified atom stereocenters. The molecule has 0 fully saturated rings. The number of aromatic nitrogens is 3. The minimum atomic E-state index is -0.426. The molecular weight excluding hydrogens is 292 g/mol. The second-order valence-electron chi connectivity index (χ2n) is 6.27. The number of carbonyl (C=O) groups is 1. The van der Waals surface area contributed by atoms with Gasteiger partial charge in [0.2, 0.25) is 5.91 Å². The Morgan fingerprint density at radius 2 is 1.91 bits per heavy atom. The van der Waals surface area contributed by atoms with E-state index in [0.717, 1.165) is 19.3 Å². The second kappa shape index (κ2) is 10.1. The molecule has 1 heterocycles. The van der Waals surface area contributed by atoms with E-state index in [0.29, 0.717) is 6.42 Å². The molecule has 2 N–H and O–H groups in total. The number of hydrogen-bond acceptors (Lipinski definition) is 4. The number of rotatable bonds is 11. The van der Waals surface area contributed by atoms with Gasteiger partial charge in [-0.3, -0.25) is 9.59 Å². The van der Waals surface area contributed by atoms with Crippen LogP contribution >= 0.6 is 0 Å². The number of anilines is 1. The van der Waals surface area contributed by atoms with E-state index in [1.165, 1.54) is 38.3 Å². The highest BCUT2D eigenvalue weighted by Gasteiger charge is 2.26. The maximum atomic E-state index is 12.1. The zero-order chi connectivity index (χ0) is 17.1. The fourth-order valence-electron chi connectivity index (χ4n) is 2.97. The smallest absolute Gasteiger partial charge is 0.290 e. The van der Waals surface area contributed by atoms with E-state index in [4.69, 9.17) is 0 Å². The minimum Gasteiger partial charge on any atom is -0.320 e. The number of nitrogens with one attached hydrogen (secondary N) is 2. The van der Waals surface area contributed by atoms with Crippen molar-refractivity contribution in [2.75, 3.05) is 5.32 Å². The number of carbonyl (C=O) groups excluding carboxylic acids is 1. The summed E-state index contributed by atoms with van der Waals surface area (Å²) in [4.78, 5) is 23.6. The van der Waals surface area contributed by atoms with Gasteiger partial charge in [-0.25, -0.2) is 5.10 Å². The van der Waals surface area contributed by atoms with Gasteiger partial charge in [-0.2, -0.15) is 0 Å². The molecule has 0 aliphatic heterocycles. The van der Waals surface area contributed by atoms with Gasteiger partial charge in [-0.1, -0.05) is 64.5 Å². The van der Waals surface area contributed by atoms with E-state index in [-0.39, 0.29) is 17.0 Å². The Hall–Kier alpha value is -1.72. The number of unbranched alkanes of at least 4 members (excludes halogenated alkanes) is 3. The quantitative estimate of drug-likeness (QED) is 0.609. The number of H-pyrrole nitrogens is 1. The van der Waals surface area contributed by atoms with Gasteiger partial charge in [-0.15, -0.1) is 5.10 Å². The number of amides is 1. The standard InChI is InChI=1S/C17H30N4O2/c1-4-7-8-9-11-17(5-2,6-3)12-10-15(22)19-14-13-18-21-20-16(14)23/h13H,4-12H2,1-3H3,(H,18,20,23)(H,19,21,22). The van der Waals surface area contributed by atoms with Crippen LogP contribution in [0.25, 0.3) is 0 Å². The van der Waals surface area contributed by atoms with Crippen molar-refractivity contribution in [2.24, 2.45) is 5.41 Å². The summed E-state index contributed by atoms with van der Waals surface area (Å²) < 4.78 is 0. The first-order valence-electron chi connectivity index (χ1n) is 8.77. The molecule has 1 aromatic rings. The van der Waals surface area contributed by atoms with Crippen LogP contribution in [0.3, 0.4) is 0 Å². The summed E-state index contributed by atoms with van der Waals surface area (Å²) in [5.41, 5.74) is -0.0368. The highest BCUT2D eigenvalue weighted by molar-refractivity contribution is 5.90. The summed E-state index contributed by atoms with van der Waals surface area (Å²) in [6, 6.07) is 0. The fraction of sp³-hybridized carbons (Fsp3) is 0.765. The molecule has 0 aliphatic rings. The Labute approximate surface area is 138 Å². The van der Waals surface area contributed by atoms with Crippen LogP contribution in [0, 0.1) is 5.41 Å². The van der Waals surface area contributed by atoms with Gasteiger partial charge in [0.1, 0.15) is 5.69 Å². The second-order valence-corrected chi connectivity index (χ2v) is 6.27. The van der Waals surface area contributed by atoms with Crippen molar-refractivity contribution >= 4 is 11.6 Å². The molecule has 6 heteroatoms. The van der Waals surface area contributed by atoms with Gasteiger partial charge >= 0.3 is 0 Å². The minimum absolute atomic E-state index is 0.136. The largest absolute Gasteiger partial charge is 0.320 e. The average molecular weight is 322 g/mol. The third-order valence-electron chi connectivity index (χ3n) is 4.86. The first kappa shape index (κ1) is 19.3. The highest BCUT2D eigenvalue weighted by atomic mass is 16.2. The van der Waals surface area contributed by atoms with E-state index >= 15 is 0 Å². The van der Waals surface area contributed by atoms with Crippen molar-refractivity contribution in [3.8, 4) is 0 Å². The topological polar surface area (TPSA) is 87.7 Å². The third-order valence-corrected chi connectivity index (χ3v) is 4.86. The van der Waals surface area contributed by atoms with Gasteiger partial charge in [0, 0.05) is 6.42 Å². The van der Waals surface area contributed by atoms with E-state index < -0.39 is 5.56 Å². The molecule has 0 bridgehead atoms. The predicted octanol–water partition coefficient (Wildman–Crippen LogP) is 3.66. The van der Waals surface area contributed by atoms with Gasteiger partial charge < -0.3 is 5.32 Å². The molecule has 0 aliphatic carbocycles. The highest BCUT2D eigenvalue weighted by Crippen LogP contribution is 2.37. The lowest BCUT2D eigenvalue weighted by atomic mass is 9.74. The first-order valence-corrected chi connectivity index (χ1v) is 8.77. The number of aromatic amines is 1. The molecule has 0 saturated heterocycles. The van der Waals surface area contributed by atoms with Crippen LogP contribution in [0.1, 0.15) is 78.6 Å². The van der Waals surface area contributed by atoms with Crippen LogP contribution in [0.4, 0.5) is 5.69 Å². The predicted molar refractivity (Wildman–Crippen MR) is 92.3 cm³/mol. The Balaban J connectivity index is 2.52. The van der Waals surface area contributed by atoms with Crippen LogP contribution in [0.5, 0.6) is 0 Å². The molecule has 6 nitrogen and oxygen atoms in total. The summed E-state index contributed by atoms with van der Waals surface area (Å²) >= 11 is 0. The van der Waals surface area contributed by atoms with Crippen LogP contribution in [0.15, 0.2) is 11.0 Å². The normalized spacial score (nSPS) is 11.4. The Morgan fingerprint density at radius 1 is 1.17 bits per heavy atom. The van der Waals surface area contributed by atoms with Gasteiger partial charge in [0.25, 0.3) is 5.56 Å². The molecule has 0 spiro atoms. The van der Waals surface area contributed by atoms with Crippen molar-refractivity contribution < 1.29 is 4.79 Å². The summed E-state index contributed by atoms with van der Waals surface area (Å²) in [6.07, 6.45) is 10.9. The van der Waals surface area contributed by atoms with Crippen LogP contribution in [-0.2, 0) is 4.79 Å². The molecule has 1 aromatic heterocycles. The summed E-state index contributed by atoms with van der Waals surface area (Å²) in [5, 5.41) is 11.8. The van der Waals surface area contributed by atoms with Crippen molar-refractivity contribution in [1.82, 2.24) is 15.4 Å². The van der Waals surface area contributed by atoms with E-state index in [1.807, 2.05) is 0 Å². The summed E-state index contributed by atoms with van der Waals surface area (Å²) in [7, 11) is 0. The molecule has 1 amide bonds. The SMILES string of the molecule is CCCCCCC(CC)(CC)CCC(=O)Nc1cnn[nH]c1=O. The fourth-order valence-corrected chi connectivity index (χ4v) is 2.97. The summed E-state index contributed by atoms with van der Waals surface area (Å²) in [6.45, 7) is 6.63. The zero-order valence-corrected chi connectivity index (χ0v) is 14.7. The van der Waals surface area contributed by atoms with E-state index in [1.54, 1.807) is 0 Å². The molecule has 0 aromatic carbocycles. The molecule has 0 radical (unpaired) electrons. The lowest BCUT2D eigenvalue weighted by Crippen LogP contribution is -2.25. The Morgan fingerprint density at radius 3 is 2.52 bits per heavy atom. The molecular formula is C17H30N4O2. The molecule has 130 valence electrons. The third kappa shape index (κ3) is 6.50. The number of nitrogens with zero attached hydrogens (tertiary/aromatic N) is 2. The zero-order valence-electron chi connectivity index (χ0n) is 14.7. The van der Waals surface area contributed by atoms with Crippen LogP contribution in [-0.4, -0.2) is 21.3 Å². The Kier molecular flexibility index (Phi) is 8.51. The molecule has 0 saturated carbocycles. The summed E-state index contributed by atoms with van der Waals surface area (Å²) in [5.74, 6) is -0.136. The maximum absolute atomic E-state index is 12.1. The Bertz CT molecular complexity index is 523. The monoisotopic (exact) mass is 322 g/mol. The number of hydrogen-bond donors (Lipinski definition) is 2. The van der Waals surface area contributed by atoms with Crippen LogP contribution < -0.4 is 10.9 Å². The van der Waals surface area contributed by atoms with E-state index in [9.17, 15) is 9.59 Å². The average Bonchev–Trinajstić information content (AvgIpc) is 2.57. The molecule has 1 rings (SSSR count). The van der Waals surface area contributed by atoms with Crippen molar-refractivity contribution in [3.05, 3.63) is 16.6 Å². The van der Waals surface area contributed by atoms with Crippen molar-refractivity contribution in [1.29, 1.82) is 0 Å². The molecule has 0 atom stereocenters. The van der Waals surface area contributed by atoms with Crippen molar-refractivity contribution in [3.63, 3.8) is 0 Å².